The van der Waals surface area contributed by atoms with Crippen LogP contribution in [0.3, 0.4) is 0 Å². The Morgan fingerprint density at radius 3 is 2.29 bits per heavy atom. The van der Waals surface area contributed by atoms with Crippen molar-refractivity contribution in [3.8, 4) is 0 Å². The van der Waals surface area contributed by atoms with Gasteiger partial charge in [-0.2, -0.15) is 0 Å². The molecule has 1 unspecified atom stereocenters. The van der Waals surface area contributed by atoms with Crippen LogP contribution in [0.1, 0.15) is 13.3 Å². The van der Waals surface area contributed by atoms with Crippen LogP contribution in [0.4, 0.5) is 0 Å². The molecule has 0 bridgehead atoms. The van der Waals surface area contributed by atoms with Crippen LogP contribution in [0.5, 0.6) is 0 Å². The zero-order valence-corrected chi connectivity index (χ0v) is 12.2. The molecule has 9 heteroatoms. The summed E-state index contributed by atoms with van der Waals surface area (Å²) in [6.45, 7) is 1.62. The Kier molecular flexibility index (Phi) is 9.46. The van der Waals surface area contributed by atoms with Crippen molar-refractivity contribution in [2.75, 3.05) is 12.8 Å². The Morgan fingerprint density at radius 1 is 1.43 bits per heavy atom. The number of hydrogen-bond donors (Lipinski definition) is 3. The van der Waals surface area contributed by atoms with E-state index in [1.807, 2.05) is 0 Å². The van der Waals surface area contributed by atoms with Gasteiger partial charge in [-0.15, -0.1) is 0 Å². The summed E-state index contributed by atoms with van der Waals surface area (Å²) in [4.78, 5) is 36.6. The van der Waals surface area contributed by atoms with Gasteiger partial charge in [-0.05, 0) is 13.3 Å². The van der Waals surface area contributed by atoms with Gasteiger partial charge in [0, 0.05) is 12.2 Å². The molecule has 0 saturated carbocycles. The summed E-state index contributed by atoms with van der Waals surface area (Å²) >= 11 is 0. The molecule has 0 aromatic carbocycles. The van der Waals surface area contributed by atoms with Crippen molar-refractivity contribution in [1.29, 1.82) is 0 Å². The van der Waals surface area contributed by atoms with Gasteiger partial charge in [0.2, 0.25) is 0 Å². The minimum Gasteiger partial charge on any atom is -0.778 e. The minimum absolute atomic E-state index is 0. The zero-order chi connectivity index (χ0) is 10.5. The third-order valence-corrected chi connectivity index (χ3v) is 3.81. The monoisotopic (exact) mass is 252 g/mol. The maximum absolute atomic E-state index is 10.9. The number of rotatable bonds is 6. The molecule has 0 spiro atoms. The summed E-state index contributed by atoms with van der Waals surface area (Å²) < 4.78 is 15.3. The van der Waals surface area contributed by atoms with Crippen LogP contribution in [-0.2, 0) is 9.09 Å². The van der Waals surface area contributed by atoms with E-state index in [1.165, 1.54) is 0 Å². The van der Waals surface area contributed by atoms with Gasteiger partial charge >= 0.3 is 38.4 Å². The van der Waals surface area contributed by atoms with Crippen LogP contribution in [0.25, 0.3) is 0 Å². The fraction of sp³-hybridized carbons (Fsp3) is 1.00. The fourth-order valence-corrected chi connectivity index (χ4v) is 2.79. The fourth-order valence-electron chi connectivity index (χ4n) is 0.771. The van der Waals surface area contributed by atoms with Gasteiger partial charge in [0.15, 0.2) is 0 Å². The molecule has 6 nitrogen and oxygen atoms in total. The molecule has 0 radical (unpaired) electrons. The molecular weight excluding hydrogens is 238 g/mol. The molecule has 0 aliphatic heterocycles. The van der Waals surface area contributed by atoms with E-state index in [0.29, 0.717) is 0 Å². The molecule has 0 amide bonds. The average Bonchev–Trinajstić information content (AvgIpc) is 1.82. The van der Waals surface area contributed by atoms with E-state index in [1.54, 1.807) is 6.92 Å². The Morgan fingerprint density at radius 2 is 1.93 bits per heavy atom. The minimum atomic E-state index is -4.10. The topological polar surface area (TPSA) is 110 Å². The maximum Gasteiger partial charge on any atom is 1.00 e. The maximum atomic E-state index is 10.9. The Labute approximate surface area is 106 Å². The molecule has 0 heterocycles. The summed E-state index contributed by atoms with van der Waals surface area (Å²) in [6, 6.07) is -0.285. The number of hydrogen-bond acceptors (Lipinski definition) is 6. The summed E-state index contributed by atoms with van der Waals surface area (Å²) in [5.41, 5.74) is 0. The molecule has 0 aromatic rings. The molecule has 14 heavy (non-hydrogen) atoms. The second kappa shape index (κ2) is 7.51. The molecule has 1 atom stereocenters. The predicted molar refractivity (Wildman–Crippen MR) is 45.9 cm³/mol. The molecule has 80 valence electrons. The van der Waals surface area contributed by atoms with Gasteiger partial charge in [0.25, 0.3) is 0 Å². The van der Waals surface area contributed by atoms with Crippen molar-refractivity contribution in [2.45, 2.75) is 19.4 Å². The van der Waals surface area contributed by atoms with E-state index in [-0.39, 0.29) is 54.8 Å². The Balaban J connectivity index is 0. The van der Waals surface area contributed by atoms with Crippen LogP contribution >= 0.6 is 7.60 Å². The van der Waals surface area contributed by atoms with Crippen LogP contribution in [0.15, 0.2) is 0 Å². The third kappa shape index (κ3) is 11.3. The van der Waals surface area contributed by atoms with Gasteiger partial charge < -0.3 is 28.4 Å². The van der Waals surface area contributed by atoms with Crippen molar-refractivity contribution in [2.24, 2.45) is 0 Å². The first-order valence-electron chi connectivity index (χ1n) is 3.88. The predicted octanol–water partition coefficient (Wildman–Crippen LogP) is -4.11. The van der Waals surface area contributed by atoms with Crippen LogP contribution in [0, 0.1) is 0 Å². The Bertz CT molecular complexity index is 195. The molecule has 0 saturated heterocycles. The van der Waals surface area contributed by atoms with Crippen molar-refractivity contribution in [3.05, 3.63) is 0 Å². The van der Waals surface area contributed by atoms with E-state index >= 15 is 0 Å². The van der Waals surface area contributed by atoms with Crippen LogP contribution in [0.2, 0.25) is 6.04 Å². The van der Waals surface area contributed by atoms with Crippen molar-refractivity contribution < 1.29 is 57.9 Å². The second-order valence-corrected chi connectivity index (χ2v) is 6.61. The van der Waals surface area contributed by atoms with Crippen molar-refractivity contribution in [3.63, 3.8) is 0 Å². The largest absolute Gasteiger partial charge is 1.00 e. The van der Waals surface area contributed by atoms with Crippen LogP contribution < -0.4 is 34.5 Å². The molecule has 0 fully saturated rings. The summed E-state index contributed by atoms with van der Waals surface area (Å²) in [7, 11) is -7.94. The first-order chi connectivity index (χ1) is 5.77. The van der Waals surface area contributed by atoms with Gasteiger partial charge in [-0.25, -0.2) is 0 Å². The second-order valence-electron chi connectivity index (χ2n) is 2.63. The molecule has 0 aliphatic carbocycles. The summed E-state index contributed by atoms with van der Waals surface area (Å²) in [6.07, 6.45) is -0.284. The molecule has 0 rings (SSSR count). The van der Waals surface area contributed by atoms with E-state index in [0.717, 1.165) is 0 Å². The third-order valence-electron chi connectivity index (χ3n) is 1.27. The SMILES string of the molecule is CCOP(=O)([O-])CCC[Si](O)(O)O.[Na+]. The van der Waals surface area contributed by atoms with Crippen LogP contribution in [-0.4, -0.2) is 36.0 Å². The van der Waals surface area contributed by atoms with E-state index < -0.39 is 16.4 Å². The standard InChI is InChI=1S/C5H15O6PSi.Na/c1-2-11-12(6,7)4-3-5-13(8,9)10;/h8-10H,2-5H2,1H3,(H,6,7);/q;+1/p-1. The quantitative estimate of drug-likeness (QED) is 0.327. The van der Waals surface area contributed by atoms with Crippen molar-refractivity contribution in [1.82, 2.24) is 0 Å². The first-order valence-corrected chi connectivity index (χ1v) is 7.66. The molecule has 3 N–H and O–H groups in total. The van der Waals surface area contributed by atoms with E-state index in [2.05, 4.69) is 4.52 Å². The average molecular weight is 252 g/mol. The van der Waals surface area contributed by atoms with E-state index in [9.17, 15) is 9.46 Å². The van der Waals surface area contributed by atoms with E-state index in [4.69, 9.17) is 14.4 Å². The van der Waals surface area contributed by atoms with Gasteiger partial charge in [0.05, 0.1) is 6.61 Å². The van der Waals surface area contributed by atoms with Crippen molar-refractivity contribution >= 4 is 16.4 Å². The normalized spacial score (nSPS) is 15.8. The zero-order valence-electron chi connectivity index (χ0n) is 8.34. The van der Waals surface area contributed by atoms with Gasteiger partial charge in [0.1, 0.15) is 7.60 Å². The summed E-state index contributed by atoms with van der Waals surface area (Å²) in [5.74, 6) is 0. The smallest absolute Gasteiger partial charge is 0.778 e. The molecule has 0 aromatic heterocycles. The van der Waals surface area contributed by atoms with Gasteiger partial charge in [-0.3, -0.25) is 0 Å². The first kappa shape index (κ1) is 17.6. The Hall–Kier alpha value is 1.25. The molecular formula is C5H14NaO6PSi. The summed E-state index contributed by atoms with van der Waals surface area (Å²) in [5, 5.41) is 0. The molecule has 0 aliphatic rings. The van der Waals surface area contributed by atoms with Gasteiger partial charge in [-0.1, -0.05) is 0 Å².